The van der Waals surface area contributed by atoms with Crippen molar-refractivity contribution >= 4 is 17.3 Å². The van der Waals surface area contributed by atoms with Gasteiger partial charge < -0.3 is 10.6 Å². The lowest BCUT2D eigenvalue weighted by atomic mass is 10.2. The van der Waals surface area contributed by atoms with E-state index in [0.717, 1.165) is 18.5 Å². The molecule has 0 bridgehead atoms. The number of rotatable bonds is 4. The maximum absolute atomic E-state index is 12.8. The molecule has 0 amide bonds. The summed E-state index contributed by atoms with van der Waals surface area (Å²) in [6.07, 6.45) is 1.03. The van der Waals surface area contributed by atoms with E-state index in [2.05, 4.69) is 17.6 Å². The largest absolute Gasteiger partial charge is 0.363 e. The van der Waals surface area contributed by atoms with E-state index in [4.69, 9.17) is 12.2 Å². The quantitative estimate of drug-likeness (QED) is 0.770. The van der Waals surface area contributed by atoms with Crippen LogP contribution in [0.2, 0.25) is 0 Å². The number of thiocarbonyl (C=S) groups is 1. The van der Waals surface area contributed by atoms with Gasteiger partial charge >= 0.3 is 0 Å². The molecule has 4 heteroatoms. The fourth-order valence-corrected chi connectivity index (χ4v) is 1.30. The predicted molar refractivity (Wildman–Crippen MR) is 64.1 cm³/mol. The van der Waals surface area contributed by atoms with Gasteiger partial charge in [-0.2, -0.15) is 0 Å². The number of hydrogen-bond acceptors (Lipinski definition) is 1. The number of nitrogens with one attached hydrogen (secondary N) is 2. The van der Waals surface area contributed by atoms with Gasteiger partial charge in [0.2, 0.25) is 0 Å². The highest BCUT2D eigenvalue weighted by Gasteiger charge is 1.96. The lowest BCUT2D eigenvalue weighted by molar-refractivity contribution is 0.624. The zero-order valence-electron chi connectivity index (χ0n) is 8.72. The summed E-state index contributed by atoms with van der Waals surface area (Å²) in [5, 5.41) is 6.67. The molecule has 0 radical (unpaired) electrons. The first-order valence-corrected chi connectivity index (χ1v) is 5.39. The Labute approximate surface area is 94.9 Å². The van der Waals surface area contributed by atoms with Gasteiger partial charge in [0, 0.05) is 13.1 Å². The minimum Gasteiger partial charge on any atom is -0.363 e. The van der Waals surface area contributed by atoms with E-state index < -0.39 is 0 Å². The Balaban J connectivity index is 2.33. The molecule has 0 atom stereocenters. The molecule has 0 fully saturated rings. The maximum atomic E-state index is 12.8. The van der Waals surface area contributed by atoms with E-state index in [1.54, 1.807) is 6.07 Å². The van der Waals surface area contributed by atoms with Crippen LogP contribution in [0.5, 0.6) is 0 Å². The van der Waals surface area contributed by atoms with E-state index in [-0.39, 0.29) is 5.82 Å². The van der Waals surface area contributed by atoms with E-state index in [9.17, 15) is 4.39 Å². The van der Waals surface area contributed by atoms with Crippen molar-refractivity contribution in [2.24, 2.45) is 0 Å². The predicted octanol–water partition coefficient (Wildman–Crippen LogP) is 2.20. The second-order valence-corrected chi connectivity index (χ2v) is 3.65. The lowest BCUT2D eigenvalue weighted by Crippen LogP contribution is -2.35. The molecule has 1 aromatic rings. The summed E-state index contributed by atoms with van der Waals surface area (Å²) in [6.45, 7) is 3.48. The summed E-state index contributed by atoms with van der Waals surface area (Å²) < 4.78 is 12.8. The average molecular weight is 226 g/mol. The van der Waals surface area contributed by atoms with E-state index >= 15 is 0 Å². The third-order valence-corrected chi connectivity index (χ3v) is 2.17. The van der Waals surface area contributed by atoms with Gasteiger partial charge in [-0.1, -0.05) is 19.1 Å². The molecular weight excluding hydrogens is 211 g/mol. The lowest BCUT2D eigenvalue weighted by Gasteiger charge is -2.09. The summed E-state index contributed by atoms with van der Waals surface area (Å²) in [6, 6.07) is 6.47. The fraction of sp³-hybridized carbons (Fsp3) is 0.364. The Morgan fingerprint density at radius 2 is 2.20 bits per heavy atom. The molecule has 0 heterocycles. The molecule has 82 valence electrons. The van der Waals surface area contributed by atoms with Crippen LogP contribution in [0.4, 0.5) is 4.39 Å². The van der Waals surface area contributed by atoms with Crippen molar-refractivity contribution in [2.45, 2.75) is 19.9 Å². The van der Waals surface area contributed by atoms with Crippen molar-refractivity contribution in [2.75, 3.05) is 6.54 Å². The first-order chi connectivity index (χ1) is 7.22. The highest BCUT2D eigenvalue weighted by molar-refractivity contribution is 7.80. The zero-order valence-corrected chi connectivity index (χ0v) is 9.53. The van der Waals surface area contributed by atoms with Gasteiger partial charge in [-0.3, -0.25) is 0 Å². The molecule has 1 rings (SSSR count). The first kappa shape index (κ1) is 11.9. The third-order valence-electron chi connectivity index (χ3n) is 1.88. The second-order valence-electron chi connectivity index (χ2n) is 3.24. The van der Waals surface area contributed by atoms with Gasteiger partial charge in [-0.25, -0.2) is 4.39 Å². The highest BCUT2D eigenvalue weighted by Crippen LogP contribution is 2.02. The van der Waals surface area contributed by atoms with E-state index in [0.29, 0.717) is 11.7 Å². The van der Waals surface area contributed by atoms with Crippen LogP contribution < -0.4 is 10.6 Å². The molecule has 2 N–H and O–H groups in total. The van der Waals surface area contributed by atoms with Crippen LogP contribution in [0.15, 0.2) is 24.3 Å². The van der Waals surface area contributed by atoms with Crippen LogP contribution in [0.1, 0.15) is 18.9 Å². The number of benzene rings is 1. The molecular formula is C11H15FN2S. The Bertz CT molecular complexity index is 328. The van der Waals surface area contributed by atoms with Crippen molar-refractivity contribution in [1.82, 2.24) is 10.6 Å². The molecule has 1 aromatic carbocycles. The molecule has 0 saturated carbocycles. The number of halogens is 1. The van der Waals surface area contributed by atoms with E-state index in [1.165, 1.54) is 12.1 Å². The van der Waals surface area contributed by atoms with Crippen molar-refractivity contribution < 1.29 is 4.39 Å². The minimum atomic E-state index is -0.221. The van der Waals surface area contributed by atoms with Gasteiger partial charge in [-0.15, -0.1) is 0 Å². The van der Waals surface area contributed by atoms with Crippen molar-refractivity contribution in [1.29, 1.82) is 0 Å². The Hall–Kier alpha value is -1.16. The molecule has 0 spiro atoms. The van der Waals surface area contributed by atoms with Crippen LogP contribution in [0.25, 0.3) is 0 Å². The monoisotopic (exact) mass is 226 g/mol. The average Bonchev–Trinajstić information content (AvgIpc) is 2.23. The van der Waals surface area contributed by atoms with Gasteiger partial charge in [0.1, 0.15) is 5.82 Å². The molecule has 0 aliphatic heterocycles. The second kappa shape index (κ2) is 6.35. The zero-order chi connectivity index (χ0) is 11.1. The van der Waals surface area contributed by atoms with Crippen LogP contribution in [0.3, 0.4) is 0 Å². The van der Waals surface area contributed by atoms with Gasteiger partial charge in [0.25, 0.3) is 0 Å². The Morgan fingerprint density at radius 3 is 2.87 bits per heavy atom. The van der Waals surface area contributed by atoms with Crippen LogP contribution in [-0.4, -0.2) is 11.7 Å². The summed E-state index contributed by atoms with van der Waals surface area (Å²) in [5.74, 6) is -0.221. The molecule has 0 aliphatic carbocycles. The Morgan fingerprint density at radius 1 is 1.40 bits per heavy atom. The molecule has 0 aromatic heterocycles. The smallest absolute Gasteiger partial charge is 0.166 e. The minimum absolute atomic E-state index is 0.221. The summed E-state index contributed by atoms with van der Waals surface area (Å²) >= 11 is 5.04. The standard InChI is InChI=1S/C11H15FN2S/c1-2-6-13-11(15)14-8-9-4-3-5-10(12)7-9/h3-5,7H,2,6,8H2,1H3,(H2,13,14,15). The summed E-state index contributed by atoms with van der Waals surface area (Å²) in [5.41, 5.74) is 0.885. The van der Waals surface area contributed by atoms with Gasteiger partial charge in [-0.05, 0) is 36.3 Å². The van der Waals surface area contributed by atoms with Crippen molar-refractivity contribution in [3.63, 3.8) is 0 Å². The highest BCUT2D eigenvalue weighted by atomic mass is 32.1. The molecule has 2 nitrogen and oxygen atoms in total. The molecule has 0 unspecified atom stereocenters. The normalized spacial score (nSPS) is 9.73. The van der Waals surface area contributed by atoms with Gasteiger partial charge in [0.15, 0.2) is 5.11 Å². The summed E-state index contributed by atoms with van der Waals surface area (Å²) in [7, 11) is 0. The van der Waals surface area contributed by atoms with E-state index in [1.807, 2.05) is 6.07 Å². The fourth-order valence-electron chi connectivity index (χ4n) is 1.13. The molecule has 0 aliphatic rings. The molecule has 15 heavy (non-hydrogen) atoms. The van der Waals surface area contributed by atoms with Crippen LogP contribution in [-0.2, 0) is 6.54 Å². The van der Waals surface area contributed by atoms with Crippen LogP contribution >= 0.6 is 12.2 Å². The first-order valence-electron chi connectivity index (χ1n) is 4.98. The topological polar surface area (TPSA) is 24.1 Å². The Kier molecular flexibility index (Phi) is 5.04. The molecule has 0 saturated heterocycles. The van der Waals surface area contributed by atoms with Crippen LogP contribution in [0, 0.1) is 5.82 Å². The maximum Gasteiger partial charge on any atom is 0.166 e. The third kappa shape index (κ3) is 4.74. The van der Waals surface area contributed by atoms with Gasteiger partial charge in [0.05, 0.1) is 0 Å². The summed E-state index contributed by atoms with van der Waals surface area (Å²) in [4.78, 5) is 0. The number of hydrogen-bond donors (Lipinski definition) is 2. The van der Waals surface area contributed by atoms with Crippen molar-refractivity contribution in [3.8, 4) is 0 Å². The SMILES string of the molecule is CCCNC(=S)NCc1cccc(F)c1. The van der Waals surface area contributed by atoms with Crippen molar-refractivity contribution in [3.05, 3.63) is 35.6 Å².